The zero-order valence-electron chi connectivity index (χ0n) is 7.47. The summed E-state index contributed by atoms with van der Waals surface area (Å²) in [4.78, 5) is 11.4. The third kappa shape index (κ3) is 2.09. The van der Waals surface area contributed by atoms with Crippen molar-refractivity contribution in [1.82, 2.24) is 4.57 Å². The lowest BCUT2D eigenvalue weighted by atomic mass is 10.3. The standard InChI is InChI=1S/C9H12INO/c1-7-4-5-11(8(12)6-7)9(2,3)10/h4-6H,1-3H3. The Balaban J connectivity index is 3.29. The van der Waals surface area contributed by atoms with Crippen LogP contribution in [0.5, 0.6) is 0 Å². The van der Waals surface area contributed by atoms with E-state index in [1.54, 1.807) is 10.6 Å². The van der Waals surface area contributed by atoms with Crippen LogP contribution in [0.3, 0.4) is 0 Å². The van der Waals surface area contributed by atoms with E-state index in [4.69, 9.17) is 0 Å². The molecule has 0 aromatic carbocycles. The minimum Gasteiger partial charge on any atom is -0.301 e. The van der Waals surface area contributed by atoms with Crippen LogP contribution in [0, 0.1) is 6.92 Å². The molecule has 1 aromatic heterocycles. The fourth-order valence-electron chi connectivity index (χ4n) is 1.02. The van der Waals surface area contributed by atoms with Crippen molar-refractivity contribution < 1.29 is 0 Å². The van der Waals surface area contributed by atoms with E-state index in [9.17, 15) is 4.79 Å². The molecule has 0 spiro atoms. The second kappa shape index (κ2) is 3.20. The second-order valence-electron chi connectivity index (χ2n) is 3.32. The van der Waals surface area contributed by atoms with Gasteiger partial charge in [-0.2, -0.15) is 0 Å². The average molecular weight is 277 g/mol. The van der Waals surface area contributed by atoms with Crippen molar-refractivity contribution in [3.05, 3.63) is 34.2 Å². The first-order chi connectivity index (χ1) is 5.41. The van der Waals surface area contributed by atoms with Crippen molar-refractivity contribution in [3.63, 3.8) is 0 Å². The summed E-state index contributed by atoms with van der Waals surface area (Å²) in [6.07, 6.45) is 1.84. The molecular formula is C9H12INO. The zero-order chi connectivity index (χ0) is 9.35. The molecule has 0 radical (unpaired) electrons. The van der Waals surface area contributed by atoms with Gasteiger partial charge in [0.2, 0.25) is 0 Å². The molecule has 66 valence electrons. The minimum absolute atomic E-state index is 0.0643. The van der Waals surface area contributed by atoms with Gasteiger partial charge in [0.15, 0.2) is 0 Å². The molecule has 0 fully saturated rings. The quantitative estimate of drug-likeness (QED) is 0.570. The summed E-state index contributed by atoms with van der Waals surface area (Å²) in [5, 5.41) is 0. The Morgan fingerprint density at radius 1 is 1.50 bits per heavy atom. The van der Waals surface area contributed by atoms with Crippen LogP contribution in [0.4, 0.5) is 0 Å². The molecule has 1 rings (SSSR count). The fraction of sp³-hybridized carbons (Fsp3) is 0.444. The molecule has 0 bridgehead atoms. The van der Waals surface area contributed by atoms with E-state index in [1.165, 1.54) is 0 Å². The molecule has 0 aliphatic heterocycles. The Kier molecular flexibility index (Phi) is 2.61. The Hall–Kier alpha value is -0.320. The molecule has 0 amide bonds. The summed E-state index contributed by atoms with van der Waals surface area (Å²) in [5.41, 5.74) is 1.08. The molecule has 0 aliphatic rings. The van der Waals surface area contributed by atoms with Crippen LogP contribution in [0.15, 0.2) is 23.1 Å². The summed E-state index contributed by atoms with van der Waals surface area (Å²) in [7, 11) is 0. The fourth-order valence-corrected chi connectivity index (χ4v) is 1.42. The third-order valence-electron chi connectivity index (χ3n) is 1.65. The Labute approximate surface area is 85.7 Å². The van der Waals surface area contributed by atoms with Gasteiger partial charge in [-0.25, -0.2) is 0 Å². The minimum atomic E-state index is -0.150. The molecule has 0 unspecified atom stereocenters. The van der Waals surface area contributed by atoms with Crippen LogP contribution in [-0.2, 0) is 3.55 Å². The van der Waals surface area contributed by atoms with Crippen LogP contribution in [0.2, 0.25) is 0 Å². The van der Waals surface area contributed by atoms with Gasteiger partial charge in [0.25, 0.3) is 5.56 Å². The maximum Gasteiger partial charge on any atom is 0.251 e. The third-order valence-corrected chi connectivity index (χ3v) is 2.17. The monoisotopic (exact) mass is 277 g/mol. The number of aryl methyl sites for hydroxylation is 1. The molecule has 0 saturated carbocycles. The molecule has 2 nitrogen and oxygen atoms in total. The largest absolute Gasteiger partial charge is 0.301 e. The molecule has 0 N–H and O–H groups in total. The Bertz CT molecular complexity index is 335. The lowest BCUT2D eigenvalue weighted by Gasteiger charge is -2.19. The van der Waals surface area contributed by atoms with Gasteiger partial charge in [0.1, 0.15) is 0 Å². The number of hydrogen-bond acceptors (Lipinski definition) is 1. The SMILES string of the molecule is Cc1ccn(C(C)(C)I)c(=O)c1. The van der Waals surface area contributed by atoms with E-state index in [0.29, 0.717) is 0 Å². The first-order valence-corrected chi connectivity index (χ1v) is 4.88. The van der Waals surface area contributed by atoms with Crippen LogP contribution < -0.4 is 5.56 Å². The lowest BCUT2D eigenvalue weighted by molar-refractivity contribution is 0.548. The first kappa shape index (κ1) is 9.77. The highest BCUT2D eigenvalue weighted by Crippen LogP contribution is 2.20. The van der Waals surface area contributed by atoms with Crippen molar-refractivity contribution in [1.29, 1.82) is 0 Å². The lowest BCUT2D eigenvalue weighted by Crippen LogP contribution is -2.30. The topological polar surface area (TPSA) is 22.0 Å². The van der Waals surface area contributed by atoms with Gasteiger partial charge in [-0.3, -0.25) is 4.79 Å². The summed E-state index contributed by atoms with van der Waals surface area (Å²) >= 11 is 2.24. The van der Waals surface area contributed by atoms with Crippen molar-refractivity contribution in [2.75, 3.05) is 0 Å². The van der Waals surface area contributed by atoms with Crippen molar-refractivity contribution in [2.24, 2.45) is 0 Å². The molecular weight excluding hydrogens is 265 g/mol. The van der Waals surface area contributed by atoms with Gasteiger partial charge in [-0.15, -0.1) is 0 Å². The predicted molar refractivity (Wildman–Crippen MR) is 58.8 cm³/mol. The first-order valence-electron chi connectivity index (χ1n) is 3.80. The van der Waals surface area contributed by atoms with Gasteiger partial charge >= 0.3 is 0 Å². The normalized spacial score (nSPS) is 11.7. The average Bonchev–Trinajstić information content (AvgIpc) is 1.83. The van der Waals surface area contributed by atoms with Crippen LogP contribution >= 0.6 is 22.6 Å². The maximum absolute atomic E-state index is 11.4. The summed E-state index contributed by atoms with van der Waals surface area (Å²) in [6, 6.07) is 3.60. The van der Waals surface area contributed by atoms with E-state index >= 15 is 0 Å². The number of pyridine rings is 1. The number of hydrogen-bond donors (Lipinski definition) is 0. The number of halogens is 1. The van der Waals surface area contributed by atoms with Gasteiger partial charge in [0, 0.05) is 12.3 Å². The Morgan fingerprint density at radius 3 is 2.50 bits per heavy atom. The molecule has 12 heavy (non-hydrogen) atoms. The van der Waals surface area contributed by atoms with E-state index in [0.717, 1.165) is 5.56 Å². The van der Waals surface area contributed by atoms with E-state index < -0.39 is 0 Å². The van der Waals surface area contributed by atoms with Crippen LogP contribution in [0.25, 0.3) is 0 Å². The summed E-state index contributed by atoms with van der Waals surface area (Å²) in [5.74, 6) is 0. The summed E-state index contributed by atoms with van der Waals surface area (Å²) in [6.45, 7) is 5.93. The molecule has 0 aliphatic carbocycles. The highest BCUT2D eigenvalue weighted by Gasteiger charge is 2.15. The molecule has 0 saturated heterocycles. The maximum atomic E-state index is 11.4. The molecule has 1 heterocycles. The van der Waals surface area contributed by atoms with Crippen molar-refractivity contribution in [2.45, 2.75) is 24.3 Å². The highest BCUT2D eigenvalue weighted by molar-refractivity contribution is 14.1. The number of alkyl halides is 1. The molecule has 3 heteroatoms. The number of aromatic nitrogens is 1. The zero-order valence-corrected chi connectivity index (χ0v) is 9.62. The van der Waals surface area contributed by atoms with Gasteiger partial charge < -0.3 is 4.57 Å². The summed E-state index contributed by atoms with van der Waals surface area (Å²) < 4.78 is 1.57. The molecule has 0 atom stereocenters. The van der Waals surface area contributed by atoms with Crippen LogP contribution in [-0.4, -0.2) is 4.57 Å². The highest BCUT2D eigenvalue weighted by atomic mass is 127. The predicted octanol–water partition coefficient (Wildman–Crippen LogP) is 2.28. The Morgan fingerprint density at radius 2 is 2.08 bits per heavy atom. The van der Waals surface area contributed by atoms with E-state index in [-0.39, 0.29) is 9.10 Å². The smallest absolute Gasteiger partial charge is 0.251 e. The van der Waals surface area contributed by atoms with Gasteiger partial charge in [-0.05, 0) is 32.4 Å². The van der Waals surface area contributed by atoms with E-state index in [1.807, 2.05) is 33.0 Å². The second-order valence-corrected chi connectivity index (χ2v) is 5.96. The van der Waals surface area contributed by atoms with Crippen LogP contribution in [0.1, 0.15) is 19.4 Å². The van der Waals surface area contributed by atoms with Gasteiger partial charge in [0.05, 0.1) is 3.55 Å². The van der Waals surface area contributed by atoms with E-state index in [2.05, 4.69) is 22.6 Å². The number of nitrogens with zero attached hydrogens (tertiary/aromatic N) is 1. The number of rotatable bonds is 1. The van der Waals surface area contributed by atoms with Gasteiger partial charge in [-0.1, -0.05) is 22.6 Å². The molecule has 1 aromatic rings. The van der Waals surface area contributed by atoms with Crippen molar-refractivity contribution in [3.8, 4) is 0 Å². The van der Waals surface area contributed by atoms with Crippen molar-refractivity contribution >= 4 is 22.6 Å².